The SMILES string of the molecule is NC(=O)[C@@H](N)CCCC(N)C(=O)CCCC[C@@H]1SC[C@@H]2NC(=O)N[C@@H]21. The molecule has 0 aromatic rings. The fourth-order valence-electron chi connectivity index (χ4n) is 3.33. The lowest BCUT2D eigenvalue weighted by Crippen LogP contribution is -2.37. The first-order valence-corrected chi connectivity index (χ1v) is 9.95. The fourth-order valence-corrected chi connectivity index (χ4v) is 4.88. The van der Waals surface area contributed by atoms with Crippen molar-refractivity contribution in [3.8, 4) is 0 Å². The van der Waals surface area contributed by atoms with E-state index in [0.29, 0.717) is 30.9 Å². The van der Waals surface area contributed by atoms with Crippen molar-refractivity contribution < 1.29 is 14.4 Å². The Balaban J connectivity index is 1.56. The van der Waals surface area contributed by atoms with Gasteiger partial charge in [0, 0.05) is 17.4 Å². The van der Waals surface area contributed by atoms with Crippen LogP contribution in [-0.4, -0.2) is 52.9 Å². The number of urea groups is 1. The third-order valence-electron chi connectivity index (χ3n) is 4.91. The Morgan fingerprint density at radius 2 is 1.84 bits per heavy atom. The Labute approximate surface area is 152 Å². The summed E-state index contributed by atoms with van der Waals surface area (Å²) in [5.41, 5.74) is 16.5. The first kappa shape index (κ1) is 20.0. The number of nitrogens with two attached hydrogens (primary N) is 3. The highest BCUT2D eigenvalue weighted by Crippen LogP contribution is 2.33. The van der Waals surface area contributed by atoms with Gasteiger partial charge in [-0.15, -0.1) is 0 Å². The van der Waals surface area contributed by atoms with Gasteiger partial charge in [0.05, 0.1) is 24.2 Å². The van der Waals surface area contributed by atoms with E-state index >= 15 is 0 Å². The smallest absolute Gasteiger partial charge is 0.315 e. The Bertz CT molecular complexity index is 504. The Morgan fingerprint density at radius 3 is 2.56 bits per heavy atom. The molecule has 2 aliphatic rings. The van der Waals surface area contributed by atoms with Crippen LogP contribution in [0.3, 0.4) is 0 Å². The van der Waals surface area contributed by atoms with Gasteiger partial charge in [0.15, 0.2) is 0 Å². The number of Topliss-reactive ketones (excluding diaryl/α,β-unsaturated/α-hetero) is 1. The van der Waals surface area contributed by atoms with E-state index in [0.717, 1.165) is 25.0 Å². The minimum absolute atomic E-state index is 0.0560. The van der Waals surface area contributed by atoms with Crippen LogP contribution >= 0.6 is 11.8 Å². The summed E-state index contributed by atoms with van der Waals surface area (Å²) in [7, 11) is 0. The van der Waals surface area contributed by atoms with Gasteiger partial charge in [0.2, 0.25) is 5.91 Å². The standard InChI is InChI=1S/C16H29N5O3S/c17-9(4-3-5-10(18)15(19)23)12(22)6-1-2-7-13-14-11(8-25-13)20-16(24)21-14/h9-11,13-14H,1-8,17-18H2,(H2,19,23)(H2,20,21,24)/t9?,10-,11-,13-,14-/m0/s1. The number of fused-ring (bicyclic) bond motifs is 1. The van der Waals surface area contributed by atoms with E-state index in [1.54, 1.807) is 0 Å². The van der Waals surface area contributed by atoms with Crippen molar-refractivity contribution in [1.82, 2.24) is 10.6 Å². The molecule has 5 atom stereocenters. The maximum absolute atomic E-state index is 12.1. The minimum Gasteiger partial charge on any atom is -0.368 e. The van der Waals surface area contributed by atoms with Crippen molar-refractivity contribution in [3.63, 3.8) is 0 Å². The summed E-state index contributed by atoms with van der Waals surface area (Å²) in [6, 6.07) is -0.781. The molecule has 142 valence electrons. The molecule has 2 aliphatic heterocycles. The van der Waals surface area contributed by atoms with Crippen molar-refractivity contribution in [1.29, 1.82) is 0 Å². The van der Waals surface area contributed by atoms with Gasteiger partial charge in [0.1, 0.15) is 5.78 Å². The molecule has 9 heteroatoms. The van der Waals surface area contributed by atoms with Gasteiger partial charge in [-0.1, -0.05) is 6.42 Å². The van der Waals surface area contributed by atoms with Crippen molar-refractivity contribution in [2.45, 2.75) is 74.4 Å². The van der Waals surface area contributed by atoms with Crippen molar-refractivity contribution in [2.24, 2.45) is 17.2 Å². The molecule has 0 radical (unpaired) electrons. The Kier molecular flexibility index (Phi) is 7.52. The van der Waals surface area contributed by atoms with Crippen LogP contribution in [0.5, 0.6) is 0 Å². The van der Waals surface area contributed by atoms with Crippen molar-refractivity contribution in [2.75, 3.05) is 5.75 Å². The van der Waals surface area contributed by atoms with E-state index in [-0.39, 0.29) is 23.9 Å². The second-order valence-corrected chi connectivity index (χ2v) is 8.15. The monoisotopic (exact) mass is 371 g/mol. The molecule has 8 nitrogen and oxygen atoms in total. The number of thioether (sulfide) groups is 1. The lowest BCUT2D eigenvalue weighted by Gasteiger charge is -2.16. The molecular weight excluding hydrogens is 342 g/mol. The van der Waals surface area contributed by atoms with Gasteiger partial charge in [-0.2, -0.15) is 11.8 Å². The van der Waals surface area contributed by atoms with Crippen LogP contribution in [0.4, 0.5) is 4.79 Å². The van der Waals surface area contributed by atoms with Gasteiger partial charge < -0.3 is 27.8 Å². The first-order valence-electron chi connectivity index (χ1n) is 8.90. The summed E-state index contributed by atoms with van der Waals surface area (Å²) in [5.74, 6) is 0.478. The molecule has 0 spiro atoms. The lowest BCUT2D eigenvalue weighted by molar-refractivity contribution is -0.120. The second kappa shape index (κ2) is 9.40. The number of hydrogen-bond acceptors (Lipinski definition) is 6. The summed E-state index contributed by atoms with van der Waals surface area (Å²) in [6.07, 6.45) is 4.82. The molecule has 0 bridgehead atoms. The first-order chi connectivity index (χ1) is 11.9. The number of nitrogens with one attached hydrogen (secondary N) is 2. The van der Waals surface area contributed by atoms with E-state index in [1.165, 1.54) is 0 Å². The molecule has 0 saturated carbocycles. The summed E-state index contributed by atoms with van der Waals surface area (Å²) in [4.78, 5) is 34.2. The molecule has 1 unspecified atom stereocenters. The average molecular weight is 372 g/mol. The lowest BCUT2D eigenvalue weighted by atomic mass is 9.98. The third kappa shape index (κ3) is 5.86. The topological polar surface area (TPSA) is 153 Å². The Hall–Kier alpha value is -1.32. The van der Waals surface area contributed by atoms with Gasteiger partial charge in [-0.25, -0.2) is 4.79 Å². The van der Waals surface area contributed by atoms with E-state index in [4.69, 9.17) is 17.2 Å². The van der Waals surface area contributed by atoms with Gasteiger partial charge in [-0.05, 0) is 32.1 Å². The summed E-state index contributed by atoms with van der Waals surface area (Å²) < 4.78 is 0. The predicted molar refractivity (Wildman–Crippen MR) is 98.0 cm³/mol. The molecule has 3 amide bonds. The zero-order valence-electron chi connectivity index (χ0n) is 14.4. The van der Waals surface area contributed by atoms with Crippen LogP contribution in [-0.2, 0) is 9.59 Å². The highest BCUT2D eigenvalue weighted by Gasteiger charge is 2.42. The highest BCUT2D eigenvalue weighted by atomic mass is 32.2. The van der Waals surface area contributed by atoms with Crippen LogP contribution in [0.15, 0.2) is 0 Å². The zero-order chi connectivity index (χ0) is 18.4. The van der Waals surface area contributed by atoms with E-state index in [2.05, 4.69) is 10.6 Å². The predicted octanol–water partition coefficient (Wildman–Crippen LogP) is -0.408. The molecular formula is C16H29N5O3S. The molecule has 8 N–H and O–H groups in total. The number of rotatable bonds is 11. The second-order valence-electron chi connectivity index (χ2n) is 6.88. The quantitative estimate of drug-likeness (QED) is 0.246. The highest BCUT2D eigenvalue weighted by molar-refractivity contribution is 8.00. The average Bonchev–Trinajstić information content (AvgIpc) is 3.10. The zero-order valence-corrected chi connectivity index (χ0v) is 15.2. The number of ketones is 1. The number of hydrogen-bond donors (Lipinski definition) is 5. The summed E-state index contributed by atoms with van der Waals surface area (Å²) >= 11 is 1.88. The van der Waals surface area contributed by atoms with Crippen LogP contribution in [0.1, 0.15) is 44.9 Å². The fraction of sp³-hybridized carbons (Fsp3) is 0.812. The van der Waals surface area contributed by atoms with Gasteiger partial charge in [-0.3, -0.25) is 9.59 Å². The van der Waals surface area contributed by atoms with Crippen LogP contribution in [0, 0.1) is 0 Å². The normalized spacial score (nSPS) is 27.3. The number of primary amides is 1. The van der Waals surface area contributed by atoms with E-state index in [1.807, 2.05) is 11.8 Å². The number of amides is 3. The van der Waals surface area contributed by atoms with Crippen LogP contribution in [0.2, 0.25) is 0 Å². The van der Waals surface area contributed by atoms with Gasteiger partial charge >= 0.3 is 6.03 Å². The van der Waals surface area contributed by atoms with Gasteiger partial charge in [0.25, 0.3) is 0 Å². The largest absolute Gasteiger partial charge is 0.368 e. The molecule has 25 heavy (non-hydrogen) atoms. The van der Waals surface area contributed by atoms with Crippen molar-refractivity contribution >= 4 is 29.5 Å². The van der Waals surface area contributed by atoms with Crippen molar-refractivity contribution in [3.05, 3.63) is 0 Å². The number of carbonyl (C=O) groups excluding carboxylic acids is 3. The third-order valence-corrected chi connectivity index (χ3v) is 6.42. The Morgan fingerprint density at radius 1 is 1.12 bits per heavy atom. The maximum atomic E-state index is 12.1. The van der Waals surface area contributed by atoms with Crippen LogP contribution < -0.4 is 27.8 Å². The molecule has 2 saturated heterocycles. The molecule has 2 fully saturated rings. The minimum atomic E-state index is -0.666. The molecule has 0 aromatic carbocycles. The van der Waals surface area contributed by atoms with E-state index in [9.17, 15) is 14.4 Å². The van der Waals surface area contributed by atoms with Crippen LogP contribution in [0.25, 0.3) is 0 Å². The summed E-state index contributed by atoms with van der Waals surface area (Å²) in [6.45, 7) is 0. The van der Waals surface area contributed by atoms with E-state index < -0.39 is 18.0 Å². The molecule has 0 aromatic heterocycles. The molecule has 2 rings (SSSR count). The molecule has 2 heterocycles. The summed E-state index contributed by atoms with van der Waals surface area (Å²) in [5, 5.41) is 6.32. The number of carbonyl (C=O) groups is 3. The number of unbranched alkanes of at least 4 members (excludes halogenated alkanes) is 1. The maximum Gasteiger partial charge on any atom is 0.315 e. The molecule has 0 aliphatic carbocycles.